The highest BCUT2D eigenvalue weighted by Gasteiger charge is 2.11. The van der Waals surface area contributed by atoms with Gasteiger partial charge in [0.25, 0.3) is 0 Å². The summed E-state index contributed by atoms with van der Waals surface area (Å²) < 4.78 is 2.07. The minimum Gasteiger partial charge on any atom is -0.399 e. The van der Waals surface area contributed by atoms with Gasteiger partial charge in [0, 0.05) is 11.7 Å². The van der Waals surface area contributed by atoms with Gasteiger partial charge in [-0.2, -0.15) is 0 Å². The zero-order chi connectivity index (χ0) is 11.7. The number of imidazole rings is 1. The molecule has 2 atom stereocenters. The van der Waals surface area contributed by atoms with Gasteiger partial charge in [-0.1, -0.05) is 0 Å². The first-order valence-corrected chi connectivity index (χ1v) is 5.48. The average Bonchev–Trinajstić information content (AvgIpc) is 2.59. The van der Waals surface area contributed by atoms with Gasteiger partial charge in [0.2, 0.25) is 0 Å². The summed E-state index contributed by atoms with van der Waals surface area (Å²) in [7, 11) is 0. The second kappa shape index (κ2) is 4.14. The van der Waals surface area contributed by atoms with Crippen molar-refractivity contribution in [3.05, 3.63) is 24.5 Å². The minimum atomic E-state index is -0.304. The highest BCUT2D eigenvalue weighted by atomic mass is 16.3. The van der Waals surface area contributed by atoms with E-state index in [-0.39, 0.29) is 12.1 Å². The lowest BCUT2D eigenvalue weighted by Crippen LogP contribution is -2.11. The van der Waals surface area contributed by atoms with Crippen molar-refractivity contribution < 1.29 is 5.11 Å². The van der Waals surface area contributed by atoms with Gasteiger partial charge in [0.15, 0.2) is 0 Å². The molecule has 2 aromatic rings. The summed E-state index contributed by atoms with van der Waals surface area (Å²) in [6, 6.07) is 5.93. The van der Waals surface area contributed by atoms with Crippen molar-refractivity contribution in [2.75, 3.05) is 5.73 Å². The summed E-state index contributed by atoms with van der Waals surface area (Å²) in [4.78, 5) is 4.31. The average molecular weight is 219 g/mol. The Morgan fingerprint density at radius 1 is 1.44 bits per heavy atom. The number of anilines is 1. The van der Waals surface area contributed by atoms with Crippen LogP contribution in [0.25, 0.3) is 11.0 Å². The van der Waals surface area contributed by atoms with Crippen molar-refractivity contribution in [2.24, 2.45) is 0 Å². The zero-order valence-electron chi connectivity index (χ0n) is 9.59. The van der Waals surface area contributed by atoms with Crippen molar-refractivity contribution in [2.45, 2.75) is 32.4 Å². The van der Waals surface area contributed by atoms with Gasteiger partial charge in [-0.3, -0.25) is 0 Å². The van der Waals surface area contributed by atoms with Crippen LogP contribution in [0.2, 0.25) is 0 Å². The highest BCUT2D eigenvalue weighted by molar-refractivity contribution is 5.79. The molecule has 4 heteroatoms. The van der Waals surface area contributed by atoms with Gasteiger partial charge in [-0.05, 0) is 38.5 Å². The molecule has 0 saturated carbocycles. The minimum absolute atomic E-state index is 0.230. The Hall–Kier alpha value is -1.55. The second-order valence-corrected chi connectivity index (χ2v) is 4.33. The van der Waals surface area contributed by atoms with Crippen LogP contribution in [0, 0.1) is 0 Å². The summed E-state index contributed by atoms with van der Waals surface area (Å²) in [5, 5.41) is 9.38. The second-order valence-electron chi connectivity index (χ2n) is 4.33. The number of nitrogens with two attached hydrogens (primary N) is 1. The van der Waals surface area contributed by atoms with Crippen LogP contribution < -0.4 is 5.73 Å². The normalized spacial score (nSPS) is 15.2. The predicted molar refractivity (Wildman–Crippen MR) is 65.2 cm³/mol. The topological polar surface area (TPSA) is 64.1 Å². The van der Waals surface area contributed by atoms with Gasteiger partial charge >= 0.3 is 0 Å². The number of hydrogen-bond acceptors (Lipinski definition) is 3. The van der Waals surface area contributed by atoms with Crippen molar-refractivity contribution in [1.82, 2.24) is 9.55 Å². The van der Waals surface area contributed by atoms with E-state index in [1.165, 1.54) is 0 Å². The molecule has 0 amide bonds. The number of fused-ring (bicyclic) bond motifs is 1. The van der Waals surface area contributed by atoms with E-state index in [1.807, 2.05) is 18.2 Å². The lowest BCUT2D eigenvalue weighted by Gasteiger charge is -2.15. The number of nitrogen functional groups attached to an aromatic ring is 1. The summed E-state index contributed by atoms with van der Waals surface area (Å²) >= 11 is 0. The Morgan fingerprint density at radius 2 is 2.19 bits per heavy atom. The van der Waals surface area contributed by atoms with Gasteiger partial charge in [-0.25, -0.2) is 4.98 Å². The third-order valence-electron chi connectivity index (χ3n) is 2.76. The Labute approximate surface area is 94.7 Å². The molecule has 0 aliphatic heterocycles. The van der Waals surface area contributed by atoms with Crippen LogP contribution in [-0.4, -0.2) is 20.8 Å². The Morgan fingerprint density at radius 3 is 2.88 bits per heavy atom. The molecule has 3 N–H and O–H groups in total. The van der Waals surface area contributed by atoms with Gasteiger partial charge in [-0.15, -0.1) is 0 Å². The summed E-state index contributed by atoms with van der Waals surface area (Å²) in [5.74, 6) is 0. The molecular formula is C12H17N3O. The van der Waals surface area contributed by atoms with E-state index in [1.54, 1.807) is 13.3 Å². The summed E-state index contributed by atoms with van der Waals surface area (Å²) in [5.41, 5.74) is 8.38. The molecule has 0 aliphatic carbocycles. The third kappa shape index (κ3) is 2.02. The van der Waals surface area contributed by atoms with Crippen molar-refractivity contribution in [3.63, 3.8) is 0 Å². The number of rotatable bonds is 3. The van der Waals surface area contributed by atoms with Gasteiger partial charge in [0.1, 0.15) is 0 Å². The van der Waals surface area contributed by atoms with E-state index in [0.29, 0.717) is 0 Å². The molecule has 0 aliphatic rings. The van der Waals surface area contributed by atoms with Crippen molar-refractivity contribution in [3.8, 4) is 0 Å². The third-order valence-corrected chi connectivity index (χ3v) is 2.76. The molecule has 1 aromatic carbocycles. The molecule has 0 radical (unpaired) electrons. The van der Waals surface area contributed by atoms with Crippen LogP contribution in [0.1, 0.15) is 26.3 Å². The molecule has 1 aromatic heterocycles. The quantitative estimate of drug-likeness (QED) is 0.775. The lowest BCUT2D eigenvalue weighted by atomic mass is 10.1. The lowest BCUT2D eigenvalue weighted by molar-refractivity contribution is 0.166. The van der Waals surface area contributed by atoms with Crippen molar-refractivity contribution >= 4 is 16.7 Å². The number of aromatic nitrogens is 2. The van der Waals surface area contributed by atoms with Crippen LogP contribution >= 0.6 is 0 Å². The van der Waals surface area contributed by atoms with Crippen LogP contribution in [0.15, 0.2) is 24.5 Å². The smallest absolute Gasteiger partial charge is 0.0960 e. The molecule has 2 rings (SSSR count). The molecule has 16 heavy (non-hydrogen) atoms. The molecule has 2 unspecified atom stereocenters. The summed E-state index contributed by atoms with van der Waals surface area (Å²) in [6.45, 7) is 3.87. The van der Waals surface area contributed by atoms with Gasteiger partial charge in [0.05, 0.1) is 23.5 Å². The number of aliphatic hydroxyl groups is 1. The molecule has 0 bridgehead atoms. The molecule has 4 nitrogen and oxygen atoms in total. The first kappa shape index (κ1) is 11.0. The zero-order valence-corrected chi connectivity index (χ0v) is 9.59. The van der Waals surface area contributed by atoms with E-state index in [2.05, 4.69) is 16.5 Å². The van der Waals surface area contributed by atoms with Crippen LogP contribution in [0.5, 0.6) is 0 Å². The van der Waals surface area contributed by atoms with E-state index < -0.39 is 0 Å². The molecule has 86 valence electrons. The van der Waals surface area contributed by atoms with E-state index in [0.717, 1.165) is 23.1 Å². The Bertz CT molecular complexity index is 490. The summed E-state index contributed by atoms with van der Waals surface area (Å²) in [6.07, 6.45) is 2.22. The molecular weight excluding hydrogens is 202 g/mol. The molecule has 0 fully saturated rings. The maximum absolute atomic E-state index is 9.38. The van der Waals surface area contributed by atoms with Crippen molar-refractivity contribution in [1.29, 1.82) is 0 Å². The Balaban J connectivity index is 2.38. The van der Waals surface area contributed by atoms with Crippen LogP contribution in [-0.2, 0) is 0 Å². The fraction of sp³-hybridized carbons (Fsp3) is 0.417. The van der Waals surface area contributed by atoms with E-state index >= 15 is 0 Å². The monoisotopic (exact) mass is 219 g/mol. The van der Waals surface area contributed by atoms with E-state index in [4.69, 9.17) is 5.73 Å². The molecule has 1 heterocycles. The first-order chi connectivity index (χ1) is 7.58. The number of aliphatic hydroxyl groups excluding tert-OH is 1. The molecule has 0 spiro atoms. The fourth-order valence-corrected chi connectivity index (χ4v) is 2.01. The first-order valence-electron chi connectivity index (χ1n) is 5.48. The van der Waals surface area contributed by atoms with Gasteiger partial charge < -0.3 is 15.4 Å². The maximum Gasteiger partial charge on any atom is 0.0960 e. The Kier molecular flexibility index (Phi) is 2.83. The highest BCUT2D eigenvalue weighted by Crippen LogP contribution is 2.22. The number of nitrogens with zero attached hydrogens (tertiary/aromatic N) is 2. The molecule has 0 saturated heterocycles. The number of benzene rings is 1. The van der Waals surface area contributed by atoms with Crippen LogP contribution in [0.3, 0.4) is 0 Å². The van der Waals surface area contributed by atoms with E-state index in [9.17, 15) is 5.11 Å². The predicted octanol–water partition coefficient (Wildman–Crippen LogP) is 1.95. The fourth-order valence-electron chi connectivity index (χ4n) is 2.01. The SMILES string of the molecule is CC(O)CC(C)n1cnc2cc(N)ccc21. The largest absolute Gasteiger partial charge is 0.399 e. The van der Waals surface area contributed by atoms with Crippen LogP contribution in [0.4, 0.5) is 5.69 Å². The standard InChI is InChI=1S/C12H17N3O/c1-8(5-9(2)16)15-7-14-11-6-10(13)3-4-12(11)15/h3-4,6-9,16H,5,13H2,1-2H3. The number of hydrogen-bond donors (Lipinski definition) is 2. The maximum atomic E-state index is 9.38.